The lowest BCUT2D eigenvalue weighted by atomic mass is 9.73. The second-order valence-corrected chi connectivity index (χ2v) is 8.95. The molecule has 0 radical (unpaired) electrons. The third kappa shape index (κ3) is 4.84. The number of amides is 1. The van der Waals surface area contributed by atoms with E-state index in [0.29, 0.717) is 39.0 Å². The molecule has 1 atom stereocenters. The van der Waals surface area contributed by atoms with Gasteiger partial charge in [0, 0.05) is 26.2 Å². The largest absolute Gasteiger partial charge is 0.355 e. The summed E-state index contributed by atoms with van der Waals surface area (Å²) in [6, 6.07) is 0. The Morgan fingerprint density at radius 3 is 2.65 bits per heavy atom. The minimum absolute atomic E-state index is 0.111. The Kier molecular flexibility index (Phi) is 5.96. The van der Waals surface area contributed by atoms with Crippen molar-refractivity contribution in [3.63, 3.8) is 0 Å². The van der Waals surface area contributed by atoms with Crippen LogP contribution in [0.5, 0.6) is 0 Å². The summed E-state index contributed by atoms with van der Waals surface area (Å²) < 4.78 is 47.7. The van der Waals surface area contributed by atoms with Crippen LogP contribution in [-0.4, -0.2) is 76.9 Å². The van der Waals surface area contributed by atoms with Crippen LogP contribution in [0.1, 0.15) is 12.8 Å². The smallest absolute Gasteiger partial charge is 0.251 e. The van der Waals surface area contributed by atoms with Crippen LogP contribution in [0.3, 0.4) is 0 Å². The molecule has 134 valence electrons. The van der Waals surface area contributed by atoms with Crippen molar-refractivity contribution in [2.45, 2.75) is 19.3 Å². The topological polar surface area (TPSA) is 78.5 Å². The lowest BCUT2D eigenvalue weighted by Gasteiger charge is -2.37. The minimum Gasteiger partial charge on any atom is -0.355 e. The molecule has 2 fully saturated rings. The molecule has 9 heteroatoms. The van der Waals surface area contributed by atoms with Gasteiger partial charge in [-0.25, -0.2) is 17.2 Å². The van der Waals surface area contributed by atoms with E-state index in [1.165, 1.54) is 4.90 Å². The van der Waals surface area contributed by atoms with E-state index < -0.39 is 16.3 Å². The van der Waals surface area contributed by atoms with Crippen molar-refractivity contribution in [1.82, 2.24) is 15.5 Å². The summed E-state index contributed by atoms with van der Waals surface area (Å²) >= 11 is 0. The Hall–Kier alpha value is -0.800. The molecule has 2 heterocycles. The maximum absolute atomic E-state index is 12.4. The van der Waals surface area contributed by atoms with Crippen LogP contribution >= 0.6 is 0 Å². The Bertz CT molecular complexity index is 513. The zero-order valence-electron chi connectivity index (χ0n) is 13.4. The number of hydrogen-bond donors (Lipinski definition) is 2. The number of sulfone groups is 1. The molecule has 0 aromatic heterocycles. The lowest BCUT2D eigenvalue weighted by Crippen LogP contribution is -2.47. The molecule has 2 rings (SSSR count). The number of rotatable bonds is 6. The van der Waals surface area contributed by atoms with Gasteiger partial charge in [0.05, 0.1) is 24.0 Å². The zero-order valence-corrected chi connectivity index (χ0v) is 14.2. The first kappa shape index (κ1) is 18.5. The van der Waals surface area contributed by atoms with Gasteiger partial charge in [0.2, 0.25) is 5.91 Å². The van der Waals surface area contributed by atoms with Gasteiger partial charge in [0.15, 0.2) is 0 Å². The molecule has 1 unspecified atom stereocenters. The van der Waals surface area contributed by atoms with E-state index in [2.05, 4.69) is 10.6 Å². The van der Waals surface area contributed by atoms with Crippen molar-refractivity contribution >= 4 is 15.7 Å². The zero-order chi connectivity index (χ0) is 17.1. The van der Waals surface area contributed by atoms with Gasteiger partial charge in [0.25, 0.3) is 6.43 Å². The molecule has 0 bridgehead atoms. The van der Waals surface area contributed by atoms with Gasteiger partial charge in [-0.2, -0.15) is 0 Å². The van der Waals surface area contributed by atoms with E-state index in [1.807, 2.05) is 0 Å². The molecule has 0 saturated carbocycles. The molecule has 0 aromatic carbocycles. The molecular weight excluding hydrogens is 328 g/mol. The van der Waals surface area contributed by atoms with Crippen LogP contribution in [0.4, 0.5) is 8.78 Å². The van der Waals surface area contributed by atoms with Crippen LogP contribution in [0.2, 0.25) is 0 Å². The maximum atomic E-state index is 12.4. The van der Waals surface area contributed by atoms with E-state index >= 15 is 0 Å². The van der Waals surface area contributed by atoms with Crippen molar-refractivity contribution in [2.24, 2.45) is 11.3 Å². The highest BCUT2D eigenvalue weighted by molar-refractivity contribution is 7.91. The molecular formula is C14H25F2N3O3S. The number of nitrogens with one attached hydrogen (secondary N) is 2. The first-order chi connectivity index (χ1) is 10.7. The van der Waals surface area contributed by atoms with E-state index in [4.69, 9.17) is 0 Å². The molecule has 2 aliphatic heterocycles. The molecule has 6 nitrogen and oxygen atoms in total. The second-order valence-electron chi connectivity index (χ2n) is 6.64. The minimum atomic E-state index is -2.97. The SMILES string of the molecule is CN(CCNC(=O)C1CNCC12CCS(=O)(=O)CC2)CC(F)F. The molecule has 0 aromatic rings. The van der Waals surface area contributed by atoms with Gasteiger partial charge in [-0.05, 0) is 25.3 Å². The van der Waals surface area contributed by atoms with E-state index in [9.17, 15) is 22.0 Å². The Morgan fingerprint density at radius 1 is 1.39 bits per heavy atom. The van der Waals surface area contributed by atoms with Crippen LogP contribution in [-0.2, 0) is 14.6 Å². The monoisotopic (exact) mass is 353 g/mol. The number of hydrogen-bond acceptors (Lipinski definition) is 5. The summed E-state index contributed by atoms with van der Waals surface area (Å²) in [5.41, 5.74) is -0.287. The quantitative estimate of drug-likeness (QED) is 0.686. The predicted molar refractivity (Wildman–Crippen MR) is 83.2 cm³/mol. The maximum Gasteiger partial charge on any atom is 0.251 e. The summed E-state index contributed by atoms with van der Waals surface area (Å²) in [4.78, 5) is 13.9. The Labute approximate surface area is 135 Å². The third-order valence-corrected chi connectivity index (χ3v) is 6.60. The number of halogens is 2. The average molecular weight is 353 g/mol. The summed E-state index contributed by atoms with van der Waals surface area (Å²) in [6.07, 6.45) is -1.38. The summed E-state index contributed by atoms with van der Waals surface area (Å²) in [7, 11) is -1.39. The number of carbonyl (C=O) groups excluding carboxylic acids is 1. The van der Waals surface area contributed by atoms with Crippen molar-refractivity contribution in [3.8, 4) is 0 Å². The standard InChI is InChI=1S/C14H25F2N3O3S/c1-19(9-12(15)16)5-4-18-13(20)11-8-17-10-14(11)2-6-23(21,22)7-3-14/h11-12,17H,2-10H2,1H3,(H,18,20). The number of alkyl halides is 2. The van der Waals surface area contributed by atoms with Crippen molar-refractivity contribution < 1.29 is 22.0 Å². The fraction of sp³-hybridized carbons (Fsp3) is 0.929. The molecule has 1 amide bonds. The van der Waals surface area contributed by atoms with Crippen molar-refractivity contribution in [3.05, 3.63) is 0 Å². The highest BCUT2D eigenvalue weighted by Crippen LogP contribution is 2.42. The van der Waals surface area contributed by atoms with E-state index in [1.54, 1.807) is 7.05 Å². The fourth-order valence-corrected chi connectivity index (χ4v) is 5.11. The number of likely N-dealkylation sites (N-methyl/N-ethyl adjacent to an activating group) is 1. The molecule has 23 heavy (non-hydrogen) atoms. The summed E-state index contributed by atoms with van der Waals surface area (Å²) in [5.74, 6) is -0.0938. The number of nitrogens with zero attached hydrogens (tertiary/aromatic N) is 1. The fourth-order valence-electron chi connectivity index (χ4n) is 3.47. The summed E-state index contributed by atoms with van der Waals surface area (Å²) in [6.45, 7) is 1.55. The summed E-state index contributed by atoms with van der Waals surface area (Å²) in [5, 5.41) is 6.01. The number of carbonyl (C=O) groups is 1. The molecule has 2 aliphatic rings. The average Bonchev–Trinajstić information content (AvgIpc) is 2.85. The van der Waals surface area contributed by atoms with Crippen LogP contribution in [0.25, 0.3) is 0 Å². The van der Waals surface area contributed by atoms with Crippen LogP contribution < -0.4 is 10.6 Å². The Morgan fingerprint density at radius 2 is 2.04 bits per heavy atom. The molecule has 1 spiro atoms. The van der Waals surface area contributed by atoms with Gasteiger partial charge in [0.1, 0.15) is 9.84 Å². The van der Waals surface area contributed by atoms with Gasteiger partial charge >= 0.3 is 0 Å². The van der Waals surface area contributed by atoms with Gasteiger partial charge in [-0.3, -0.25) is 9.69 Å². The second kappa shape index (κ2) is 7.40. The van der Waals surface area contributed by atoms with Crippen molar-refractivity contribution in [2.75, 3.05) is 51.3 Å². The lowest BCUT2D eigenvalue weighted by molar-refractivity contribution is -0.127. The molecule has 0 aliphatic carbocycles. The van der Waals surface area contributed by atoms with Gasteiger partial charge in [-0.15, -0.1) is 0 Å². The normalized spacial score (nSPS) is 26.0. The molecule has 2 saturated heterocycles. The molecule has 2 N–H and O–H groups in total. The van der Waals surface area contributed by atoms with E-state index in [-0.39, 0.29) is 35.3 Å². The van der Waals surface area contributed by atoms with Gasteiger partial charge < -0.3 is 10.6 Å². The first-order valence-corrected chi connectivity index (χ1v) is 9.72. The third-order valence-electron chi connectivity index (χ3n) is 4.95. The predicted octanol–water partition coefficient (Wildman–Crippen LogP) is -0.286. The first-order valence-electron chi connectivity index (χ1n) is 7.90. The van der Waals surface area contributed by atoms with Crippen LogP contribution in [0.15, 0.2) is 0 Å². The van der Waals surface area contributed by atoms with Crippen molar-refractivity contribution in [1.29, 1.82) is 0 Å². The van der Waals surface area contributed by atoms with E-state index in [0.717, 1.165) is 0 Å². The highest BCUT2D eigenvalue weighted by Gasteiger charge is 2.49. The van der Waals surface area contributed by atoms with Gasteiger partial charge in [-0.1, -0.05) is 0 Å². The van der Waals surface area contributed by atoms with Crippen LogP contribution in [0, 0.1) is 11.3 Å². The Balaban J connectivity index is 1.84. The highest BCUT2D eigenvalue weighted by atomic mass is 32.2.